The second kappa shape index (κ2) is 13.0. The summed E-state index contributed by atoms with van der Waals surface area (Å²) in [7, 11) is 6.92. The Balaban J connectivity index is 1.68. The minimum absolute atomic E-state index is 0.0301. The van der Waals surface area contributed by atoms with Gasteiger partial charge in [-0.1, -0.05) is 42.3 Å². The molecule has 0 spiro atoms. The van der Waals surface area contributed by atoms with E-state index in [9.17, 15) is 14.7 Å². The summed E-state index contributed by atoms with van der Waals surface area (Å²) in [6.07, 6.45) is 5.95. The lowest BCUT2D eigenvalue weighted by atomic mass is 9.87. The fraction of sp³-hybridized carbons (Fsp3) is 0.571. The summed E-state index contributed by atoms with van der Waals surface area (Å²) in [6, 6.07) is 3.95. The normalized spacial score (nSPS) is 26.9. The summed E-state index contributed by atoms with van der Waals surface area (Å²) >= 11 is 6.43. The third kappa shape index (κ3) is 7.28. The van der Waals surface area contributed by atoms with Gasteiger partial charge in [0.25, 0.3) is 0 Å². The molecule has 2 aliphatic heterocycles. The molecular weight excluding hydrogens is 512 g/mol. The van der Waals surface area contributed by atoms with Crippen LogP contribution in [0.2, 0.25) is 5.02 Å². The second-order valence-corrected chi connectivity index (χ2v) is 10.6. The standard InChI is InChI=1S/C28H39ClN2O7/c1-17(13-19-14-20(31(3)4)25(29)22(15-19)35-5)9-7-11-24(36-6)28(34)16-23(38-27(33)30-28)18(2)26-21(37-26)10-8-12-32/h7,9,11-12,14-15,18,21,23-24,26,34H,8,10,13,16H2,1-6H3,(H,30,33)/b11-7+,17-9+/t18-,21?,23?,24-,26?,28+/m1/s1. The van der Waals surface area contributed by atoms with Crippen LogP contribution in [-0.2, 0) is 25.4 Å². The predicted octanol–water partition coefficient (Wildman–Crippen LogP) is 4.04. The lowest BCUT2D eigenvalue weighted by Crippen LogP contribution is -2.63. The number of carbonyl (C=O) groups excluding carboxylic acids is 2. The minimum atomic E-state index is -1.65. The SMILES string of the molecule is COc1cc(C/C(C)=C/C=C/[C@@H](OC)[C@@]2(O)CC([C@@H](C)C3OC3CCC=O)OC(=O)N2)cc(N(C)C)c1Cl. The lowest BCUT2D eigenvalue weighted by Gasteiger charge is -2.41. The minimum Gasteiger partial charge on any atom is -0.495 e. The zero-order chi connectivity index (χ0) is 28.0. The van der Waals surface area contributed by atoms with Crippen molar-refractivity contribution in [2.45, 2.75) is 69.7 Å². The van der Waals surface area contributed by atoms with Crippen LogP contribution in [0.4, 0.5) is 10.5 Å². The predicted molar refractivity (Wildman–Crippen MR) is 146 cm³/mol. The van der Waals surface area contributed by atoms with Crippen LogP contribution in [-0.4, -0.2) is 75.9 Å². The van der Waals surface area contributed by atoms with E-state index in [1.54, 1.807) is 19.3 Å². The van der Waals surface area contributed by atoms with Crippen molar-refractivity contribution < 1.29 is 33.6 Å². The van der Waals surface area contributed by atoms with Crippen molar-refractivity contribution in [2.24, 2.45) is 5.92 Å². The molecule has 3 unspecified atom stereocenters. The molecule has 0 bridgehead atoms. The Morgan fingerprint density at radius 2 is 2.11 bits per heavy atom. The van der Waals surface area contributed by atoms with Gasteiger partial charge < -0.3 is 33.7 Å². The van der Waals surface area contributed by atoms with Gasteiger partial charge in [0.2, 0.25) is 0 Å². The highest BCUT2D eigenvalue weighted by Crippen LogP contribution is 2.39. The van der Waals surface area contributed by atoms with Crippen molar-refractivity contribution in [1.82, 2.24) is 5.32 Å². The van der Waals surface area contributed by atoms with Crippen LogP contribution < -0.4 is 15.0 Å². The van der Waals surface area contributed by atoms with Crippen molar-refractivity contribution in [1.29, 1.82) is 0 Å². The number of aliphatic hydroxyl groups is 1. The number of alkyl carbamates (subject to hydrolysis) is 1. The average Bonchev–Trinajstić information content (AvgIpc) is 3.64. The van der Waals surface area contributed by atoms with E-state index in [4.69, 9.17) is 30.5 Å². The smallest absolute Gasteiger partial charge is 0.409 e. The van der Waals surface area contributed by atoms with Crippen LogP contribution in [0.5, 0.6) is 5.75 Å². The number of nitrogens with one attached hydrogen (secondary N) is 1. The number of nitrogens with zero attached hydrogens (tertiary/aromatic N) is 1. The van der Waals surface area contributed by atoms with Gasteiger partial charge in [0.05, 0.1) is 25.0 Å². The number of anilines is 1. The molecule has 0 aromatic heterocycles. The zero-order valence-electron chi connectivity index (χ0n) is 22.9. The maximum atomic E-state index is 12.4. The molecule has 1 aromatic rings. The number of epoxide rings is 1. The molecule has 2 saturated heterocycles. The van der Waals surface area contributed by atoms with E-state index in [1.165, 1.54) is 7.11 Å². The Morgan fingerprint density at radius 1 is 1.37 bits per heavy atom. The fourth-order valence-electron chi connectivity index (χ4n) is 4.87. The number of methoxy groups -OCH3 is 2. The number of benzene rings is 1. The van der Waals surface area contributed by atoms with Crippen LogP contribution in [0.3, 0.4) is 0 Å². The highest BCUT2D eigenvalue weighted by Gasteiger charge is 2.52. The van der Waals surface area contributed by atoms with E-state index in [2.05, 4.69) is 5.32 Å². The number of halogens is 1. The van der Waals surface area contributed by atoms with Gasteiger partial charge >= 0.3 is 6.09 Å². The van der Waals surface area contributed by atoms with E-state index >= 15 is 0 Å². The topological polar surface area (TPSA) is 110 Å². The van der Waals surface area contributed by atoms with Gasteiger partial charge in [0, 0.05) is 40.0 Å². The molecule has 2 aliphatic rings. The van der Waals surface area contributed by atoms with Gasteiger partial charge in [-0.25, -0.2) is 4.79 Å². The van der Waals surface area contributed by atoms with Crippen molar-refractivity contribution in [3.63, 3.8) is 0 Å². The van der Waals surface area contributed by atoms with Crippen molar-refractivity contribution >= 4 is 29.7 Å². The van der Waals surface area contributed by atoms with E-state index in [0.717, 1.165) is 23.1 Å². The van der Waals surface area contributed by atoms with Gasteiger partial charge in [-0.15, -0.1) is 0 Å². The number of rotatable bonds is 13. The molecule has 38 heavy (non-hydrogen) atoms. The molecule has 6 atom stereocenters. The number of carbonyl (C=O) groups is 2. The number of cyclic esters (lactones) is 1. The molecular formula is C28H39ClN2O7. The molecule has 1 aromatic carbocycles. The first kappa shape index (κ1) is 30.0. The Kier molecular flexibility index (Phi) is 10.2. The lowest BCUT2D eigenvalue weighted by molar-refractivity contribution is -0.142. The molecule has 2 N–H and O–H groups in total. The van der Waals surface area contributed by atoms with Gasteiger partial charge in [0.1, 0.15) is 29.3 Å². The fourth-order valence-corrected chi connectivity index (χ4v) is 5.22. The second-order valence-electron chi connectivity index (χ2n) is 10.2. The highest BCUT2D eigenvalue weighted by molar-refractivity contribution is 6.34. The molecule has 2 heterocycles. The van der Waals surface area contributed by atoms with Crippen LogP contribution >= 0.6 is 11.6 Å². The number of hydrogen-bond acceptors (Lipinski definition) is 8. The summed E-state index contributed by atoms with van der Waals surface area (Å²) < 4.78 is 22.2. The van der Waals surface area contributed by atoms with Crippen LogP contribution in [0.25, 0.3) is 0 Å². The van der Waals surface area contributed by atoms with E-state index in [-0.39, 0.29) is 24.5 Å². The van der Waals surface area contributed by atoms with Gasteiger partial charge in [0.15, 0.2) is 5.72 Å². The van der Waals surface area contributed by atoms with Crippen LogP contribution in [0.1, 0.15) is 38.7 Å². The highest BCUT2D eigenvalue weighted by atomic mass is 35.5. The van der Waals surface area contributed by atoms with E-state index in [1.807, 2.05) is 51.1 Å². The Morgan fingerprint density at radius 3 is 2.74 bits per heavy atom. The van der Waals surface area contributed by atoms with Crippen LogP contribution in [0, 0.1) is 5.92 Å². The molecule has 0 radical (unpaired) electrons. The number of ether oxygens (including phenoxy) is 4. The third-order valence-corrected chi connectivity index (χ3v) is 7.42. The van der Waals surface area contributed by atoms with E-state index in [0.29, 0.717) is 30.0 Å². The maximum absolute atomic E-state index is 12.4. The first-order valence-electron chi connectivity index (χ1n) is 12.7. The first-order chi connectivity index (χ1) is 18.0. The third-order valence-electron chi connectivity index (χ3n) is 7.04. The summed E-state index contributed by atoms with van der Waals surface area (Å²) in [6.45, 7) is 3.92. The van der Waals surface area contributed by atoms with Crippen molar-refractivity contribution in [2.75, 3.05) is 33.2 Å². The van der Waals surface area contributed by atoms with Gasteiger partial charge in [-0.3, -0.25) is 5.32 Å². The van der Waals surface area contributed by atoms with Gasteiger partial charge in [-0.2, -0.15) is 0 Å². The largest absolute Gasteiger partial charge is 0.495 e. The van der Waals surface area contributed by atoms with E-state index < -0.39 is 24.0 Å². The first-order valence-corrected chi connectivity index (χ1v) is 13.1. The van der Waals surface area contributed by atoms with Crippen LogP contribution in [0.15, 0.2) is 35.9 Å². The average molecular weight is 551 g/mol. The molecule has 2 fully saturated rings. The summed E-state index contributed by atoms with van der Waals surface area (Å²) in [5, 5.41) is 14.5. The summed E-state index contributed by atoms with van der Waals surface area (Å²) in [5.74, 6) is 0.472. The number of amides is 1. The monoisotopic (exact) mass is 550 g/mol. The number of hydrogen-bond donors (Lipinski definition) is 2. The maximum Gasteiger partial charge on any atom is 0.409 e. The Hall–Kier alpha value is -2.59. The quantitative estimate of drug-likeness (QED) is 0.215. The molecule has 0 saturated carbocycles. The number of aldehydes is 1. The summed E-state index contributed by atoms with van der Waals surface area (Å²) in [5.41, 5.74) is 1.32. The zero-order valence-corrected chi connectivity index (χ0v) is 23.7. The van der Waals surface area contributed by atoms with Gasteiger partial charge in [-0.05, 0) is 37.5 Å². The molecule has 10 heteroatoms. The van der Waals surface area contributed by atoms with Crippen molar-refractivity contribution in [3.05, 3.63) is 46.5 Å². The molecule has 1 amide bonds. The molecule has 9 nitrogen and oxygen atoms in total. The Labute approximate surface area is 229 Å². The molecule has 210 valence electrons. The summed E-state index contributed by atoms with van der Waals surface area (Å²) in [4.78, 5) is 24.9. The van der Waals surface area contributed by atoms with Crippen molar-refractivity contribution in [3.8, 4) is 5.75 Å². The number of allylic oxidation sites excluding steroid dienone is 3. The molecule has 3 rings (SSSR count). The molecule has 0 aliphatic carbocycles. The Bertz CT molecular complexity index is 1060.